The van der Waals surface area contributed by atoms with E-state index >= 15 is 0 Å². The summed E-state index contributed by atoms with van der Waals surface area (Å²) in [6.45, 7) is 13.7. The van der Waals surface area contributed by atoms with E-state index in [9.17, 15) is 0 Å². The molecule has 0 fully saturated rings. The van der Waals surface area contributed by atoms with Gasteiger partial charge < -0.3 is 0 Å². The Morgan fingerprint density at radius 3 is 1.56 bits per heavy atom. The van der Waals surface area contributed by atoms with E-state index in [4.69, 9.17) is 0 Å². The molecule has 5 rings (SSSR count). The molecule has 1 aliphatic carbocycles. The molecule has 0 saturated heterocycles. The Labute approximate surface area is 205 Å². The summed E-state index contributed by atoms with van der Waals surface area (Å²) >= 11 is 0. The monoisotopic (exact) mass is 444 g/mol. The molecule has 1 aliphatic rings. The van der Waals surface area contributed by atoms with Crippen LogP contribution in [0.4, 0.5) is 0 Å². The Morgan fingerprint density at radius 1 is 0.529 bits per heavy atom. The number of hydrogen-bond donors (Lipinski definition) is 0. The molecule has 34 heavy (non-hydrogen) atoms. The van der Waals surface area contributed by atoms with Crippen molar-refractivity contribution < 1.29 is 0 Å². The normalized spacial score (nSPS) is 13.1. The summed E-state index contributed by atoms with van der Waals surface area (Å²) in [4.78, 5) is 0. The van der Waals surface area contributed by atoms with Crippen molar-refractivity contribution in [2.75, 3.05) is 0 Å². The van der Waals surface area contributed by atoms with Gasteiger partial charge in [0.2, 0.25) is 0 Å². The minimum atomic E-state index is 0.151. The Bertz CT molecular complexity index is 1250. The molecule has 0 bridgehead atoms. The summed E-state index contributed by atoms with van der Waals surface area (Å²) in [7, 11) is 0. The predicted molar refractivity (Wildman–Crippen MR) is 146 cm³/mol. The van der Waals surface area contributed by atoms with Crippen molar-refractivity contribution in [1.82, 2.24) is 0 Å². The standard InChI is InChI=1S/C34H36/c1-33(2,3)26-18-14-23(15-19-26)32(24-16-20-27(21-17-24)34(4,5)6)30-13-9-12-29-28-11-8-7-10-25(28)22-31(29)30/h7-21,32H,22H2,1-6H3. The van der Waals surface area contributed by atoms with Gasteiger partial charge >= 0.3 is 0 Å². The van der Waals surface area contributed by atoms with Gasteiger partial charge in [-0.05, 0) is 67.3 Å². The molecule has 0 heteroatoms. The van der Waals surface area contributed by atoms with Gasteiger partial charge in [0.1, 0.15) is 0 Å². The molecule has 0 saturated carbocycles. The van der Waals surface area contributed by atoms with Crippen LogP contribution < -0.4 is 0 Å². The van der Waals surface area contributed by atoms with Gasteiger partial charge in [-0.25, -0.2) is 0 Å². The fraction of sp³-hybridized carbons (Fsp3) is 0.294. The molecule has 0 radical (unpaired) electrons. The van der Waals surface area contributed by atoms with Crippen LogP contribution in [0.25, 0.3) is 11.1 Å². The summed E-state index contributed by atoms with van der Waals surface area (Å²) < 4.78 is 0. The molecule has 4 aromatic carbocycles. The molecule has 0 N–H and O–H groups in total. The molecule has 0 nitrogen and oxygen atoms in total. The molecule has 0 heterocycles. The first-order valence-corrected chi connectivity index (χ1v) is 12.5. The van der Waals surface area contributed by atoms with Crippen molar-refractivity contribution in [3.05, 3.63) is 130 Å². The number of rotatable bonds is 3. The van der Waals surface area contributed by atoms with Gasteiger partial charge in [-0.1, -0.05) is 133 Å². The first-order valence-electron chi connectivity index (χ1n) is 12.5. The maximum atomic E-state index is 2.35. The lowest BCUT2D eigenvalue weighted by Crippen LogP contribution is -2.13. The van der Waals surface area contributed by atoms with Crippen molar-refractivity contribution in [2.24, 2.45) is 0 Å². The highest BCUT2D eigenvalue weighted by Crippen LogP contribution is 2.44. The van der Waals surface area contributed by atoms with Gasteiger partial charge in [-0.2, -0.15) is 0 Å². The van der Waals surface area contributed by atoms with Crippen molar-refractivity contribution in [3.8, 4) is 11.1 Å². The Balaban J connectivity index is 1.66. The largest absolute Gasteiger partial charge is 0.0619 e. The van der Waals surface area contributed by atoms with Crippen LogP contribution in [0.2, 0.25) is 0 Å². The average molecular weight is 445 g/mol. The van der Waals surface area contributed by atoms with Crippen LogP contribution in [0.1, 0.15) is 86.4 Å². The highest BCUT2D eigenvalue weighted by Gasteiger charge is 2.27. The van der Waals surface area contributed by atoms with E-state index in [1.165, 1.54) is 50.1 Å². The number of hydrogen-bond acceptors (Lipinski definition) is 0. The molecule has 172 valence electrons. The minimum Gasteiger partial charge on any atom is -0.0619 e. The van der Waals surface area contributed by atoms with Crippen LogP contribution in [0.5, 0.6) is 0 Å². The smallest absolute Gasteiger partial charge is 0.0343 e. The quantitative estimate of drug-likeness (QED) is 0.243. The summed E-state index contributed by atoms with van der Waals surface area (Å²) in [5.41, 5.74) is 12.9. The maximum Gasteiger partial charge on any atom is 0.0343 e. The zero-order chi connectivity index (χ0) is 24.1. The second-order valence-corrected chi connectivity index (χ2v) is 11.9. The molecule has 0 amide bonds. The maximum absolute atomic E-state index is 2.35. The molecule has 0 aromatic heterocycles. The lowest BCUT2D eigenvalue weighted by atomic mass is 9.79. The molecule has 0 atom stereocenters. The summed E-state index contributed by atoms with van der Waals surface area (Å²) in [5, 5.41) is 0. The summed E-state index contributed by atoms with van der Waals surface area (Å²) in [5.74, 6) is 0.215. The van der Waals surface area contributed by atoms with Crippen LogP contribution in [-0.4, -0.2) is 0 Å². The van der Waals surface area contributed by atoms with Gasteiger partial charge in [0.15, 0.2) is 0 Å². The zero-order valence-electron chi connectivity index (χ0n) is 21.4. The highest BCUT2D eigenvalue weighted by atomic mass is 14.3. The van der Waals surface area contributed by atoms with Gasteiger partial charge in [0.25, 0.3) is 0 Å². The van der Waals surface area contributed by atoms with Crippen molar-refractivity contribution in [1.29, 1.82) is 0 Å². The van der Waals surface area contributed by atoms with E-state index in [0.717, 1.165) is 6.42 Å². The Hall–Kier alpha value is -3.12. The van der Waals surface area contributed by atoms with Gasteiger partial charge in [-0.3, -0.25) is 0 Å². The minimum absolute atomic E-state index is 0.151. The summed E-state index contributed by atoms with van der Waals surface area (Å²) in [6.07, 6.45) is 1.01. The lowest BCUT2D eigenvalue weighted by molar-refractivity contribution is 0.589. The predicted octanol–water partition coefficient (Wildman–Crippen LogP) is 9.03. The topological polar surface area (TPSA) is 0 Å². The van der Waals surface area contributed by atoms with Gasteiger partial charge in [-0.15, -0.1) is 0 Å². The van der Waals surface area contributed by atoms with E-state index in [1.807, 2.05) is 0 Å². The van der Waals surface area contributed by atoms with E-state index in [-0.39, 0.29) is 16.7 Å². The zero-order valence-corrected chi connectivity index (χ0v) is 21.4. The lowest BCUT2D eigenvalue weighted by Gasteiger charge is -2.25. The van der Waals surface area contributed by atoms with Crippen LogP contribution in [-0.2, 0) is 17.3 Å². The van der Waals surface area contributed by atoms with Crippen LogP contribution in [0, 0.1) is 0 Å². The molecule has 0 unspecified atom stereocenters. The van der Waals surface area contributed by atoms with E-state index in [0.29, 0.717) is 0 Å². The van der Waals surface area contributed by atoms with Crippen molar-refractivity contribution in [2.45, 2.75) is 64.7 Å². The Morgan fingerprint density at radius 2 is 1.03 bits per heavy atom. The van der Waals surface area contributed by atoms with Crippen LogP contribution in [0.15, 0.2) is 91.0 Å². The molecule has 0 aliphatic heterocycles. The van der Waals surface area contributed by atoms with Crippen molar-refractivity contribution >= 4 is 0 Å². The highest BCUT2D eigenvalue weighted by molar-refractivity contribution is 5.78. The first-order chi connectivity index (χ1) is 16.1. The van der Waals surface area contributed by atoms with Crippen LogP contribution in [0.3, 0.4) is 0 Å². The van der Waals surface area contributed by atoms with E-state index in [2.05, 4.69) is 133 Å². The van der Waals surface area contributed by atoms with Gasteiger partial charge in [0, 0.05) is 5.92 Å². The molecule has 4 aromatic rings. The molecular formula is C34H36. The number of benzene rings is 4. The second-order valence-electron chi connectivity index (χ2n) is 11.9. The SMILES string of the molecule is CC(C)(C)c1ccc(C(c2ccc(C(C)(C)C)cc2)c2cccc3c2Cc2ccccc2-3)cc1. The fourth-order valence-corrected chi connectivity index (χ4v) is 5.36. The van der Waals surface area contributed by atoms with Gasteiger partial charge in [0.05, 0.1) is 0 Å². The molecular weight excluding hydrogens is 408 g/mol. The van der Waals surface area contributed by atoms with Crippen molar-refractivity contribution in [3.63, 3.8) is 0 Å². The third-order valence-corrected chi connectivity index (χ3v) is 7.42. The Kier molecular flexibility index (Phi) is 5.52. The fourth-order valence-electron chi connectivity index (χ4n) is 5.36. The average Bonchev–Trinajstić information content (AvgIpc) is 3.18. The first kappa shape index (κ1) is 22.7. The van der Waals surface area contributed by atoms with E-state index in [1.54, 1.807) is 0 Å². The number of fused-ring (bicyclic) bond motifs is 3. The van der Waals surface area contributed by atoms with E-state index < -0.39 is 0 Å². The third-order valence-electron chi connectivity index (χ3n) is 7.42. The molecule has 0 spiro atoms. The second kappa shape index (κ2) is 8.27. The summed E-state index contributed by atoms with van der Waals surface area (Å²) in [6, 6.07) is 34.5. The third kappa shape index (κ3) is 4.11. The van der Waals surface area contributed by atoms with Crippen LogP contribution >= 0.6 is 0 Å².